The van der Waals surface area contributed by atoms with Gasteiger partial charge in [0.1, 0.15) is 5.45 Å². The predicted octanol–water partition coefficient (Wildman–Crippen LogP) is 2.62. The van der Waals surface area contributed by atoms with Crippen LogP contribution < -0.4 is 0 Å². The molecular weight excluding hydrogens is 185 g/mol. The van der Waals surface area contributed by atoms with Crippen LogP contribution in [0.3, 0.4) is 0 Å². The molecule has 1 N–H and O–H groups in total. The summed E-state index contributed by atoms with van der Waals surface area (Å²) in [6, 6.07) is 9.44. The maximum Gasteiger partial charge on any atom is 0.224 e. The first-order valence-corrected chi connectivity index (χ1v) is 4.99. The minimum Gasteiger partial charge on any atom is -0.333 e. The molecule has 1 aromatic carbocycles. The summed E-state index contributed by atoms with van der Waals surface area (Å²) in [6.45, 7) is 0. The van der Waals surface area contributed by atoms with Gasteiger partial charge in [0.2, 0.25) is 8.38 Å². The lowest BCUT2D eigenvalue weighted by Crippen LogP contribution is -1.99. The monoisotopic (exact) mass is 197 g/mol. The van der Waals surface area contributed by atoms with Crippen LogP contribution in [-0.2, 0) is 9.05 Å². The zero-order valence-electron chi connectivity index (χ0n) is 7.65. The molecule has 0 unspecified atom stereocenters. The van der Waals surface area contributed by atoms with E-state index in [1.54, 1.807) is 14.2 Å². The molecule has 70 valence electrons. The van der Waals surface area contributed by atoms with Crippen molar-refractivity contribution in [2.45, 2.75) is 0 Å². The Morgan fingerprint density at radius 2 is 1.69 bits per heavy atom. The summed E-state index contributed by atoms with van der Waals surface area (Å²) in [5.41, 5.74) is 1.25. The number of nitrogens with one attached hydrogen (secondary N) is 1. The van der Waals surface area contributed by atoms with Gasteiger partial charge in [0, 0.05) is 19.8 Å². The van der Waals surface area contributed by atoms with E-state index in [0.29, 0.717) is 5.45 Å². The summed E-state index contributed by atoms with van der Waals surface area (Å²) in [5, 5.41) is 7.77. The Morgan fingerprint density at radius 3 is 2.15 bits per heavy atom. The van der Waals surface area contributed by atoms with Crippen LogP contribution in [0.2, 0.25) is 0 Å². The summed E-state index contributed by atoms with van der Waals surface area (Å²) in [6.07, 6.45) is 0. The first-order valence-electron chi connectivity index (χ1n) is 3.82. The lowest BCUT2D eigenvalue weighted by atomic mass is 10.2. The molecule has 0 aliphatic heterocycles. The lowest BCUT2D eigenvalue weighted by Gasteiger charge is -2.12. The molecule has 1 aromatic rings. The highest BCUT2D eigenvalue weighted by Gasteiger charge is 2.15. The van der Waals surface area contributed by atoms with Gasteiger partial charge in [-0.2, -0.15) is 0 Å². The van der Waals surface area contributed by atoms with Crippen molar-refractivity contribution in [1.29, 1.82) is 5.41 Å². The van der Waals surface area contributed by atoms with Crippen LogP contribution in [0.4, 0.5) is 0 Å². The Morgan fingerprint density at radius 1 is 1.15 bits per heavy atom. The summed E-state index contributed by atoms with van der Waals surface area (Å²) in [7, 11) is 1.89. The lowest BCUT2D eigenvalue weighted by molar-refractivity contribution is 0.352. The molecule has 0 atom stereocenters. The maximum absolute atomic E-state index is 7.77. The molecule has 0 spiro atoms. The molecule has 13 heavy (non-hydrogen) atoms. The van der Waals surface area contributed by atoms with Gasteiger partial charge in [-0.3, -0.25) is 5.41 Å². The van der Waals surface area contributed by atoms with Gasteiger partial charge in [0.15, 0.2) is 0 Å². The standard InChI is InChI=1S/C9H12NO2P/c1-11-13(12-2)9(10)8-6-4-3-5-7-8/h3-7,10H,1-2H3. The zero-order valence-corrected chi connectivity index (χ0v) is 8.54. The highest BCUT2D eigenvalue weighted by Crippen LogP contribution is 2.39. The molecule has 0 amide bonds. The Bertz CT molecular complexity index is 272. The van der Waals surface area contributed by atoms with E-state index < -0.39 is 8.38 Å². The molecule has 0 radical (unpaired) electrons. The molecule has 0 heterocycles. The topological polar surface area (TPSA) is 42.3 Å². The third-order valence-electron chi connectivity index (χ3n) is 1.56. The van der Waals surface area contributed by atoms with Gasteiger partial charge in [0.25, 0.3) is 0 Å². The molecule has 4 heteroatoms. The fraction of sp³-hybridized carbons (Fsp3) is 0.222. The van der Waals surface area contributed by atoms with E-state index >= 15 is 0 Å². The van der Waals surface area contributed by atoms with Crippen LogP contribution in [-0.4, -0.2) is 19.7 Å². The van der Waals surface area contributed by atoms with Gasteiger partial charge in [0.05, 0.1) is 0 Å². The minimum atomic E-state index is -1.21. The molecule has 0 bridgehead atoms. The molecule has 1 rings (SSSR count). The van der Waals surface area contributed by atoms with E-state index in [0.717, 1.165) is 5.56 Å². The summed E-state index contributed by atoms with van der Waals surface area (Å²) in [5.74, 6) is 0. The molecule has 0 aliphatic carbocycles. The Balaban J connectivity index is 2.78. The van der Waals surface area contributed by atoms with Crippen molar-refractivity contribution in [2.24, 2.45) is 0 Å². The first-order chi connectivity index (χ1) is 6.29. The third kappa shape index (κ3) is 2.59. The second-order valence-corrected chi connectivity index (χ2v) is 4.03. The highest BCUT2D eigenvalue weighted by atomic mass is 31.2. The first kappa shape index (κ1) is 10.3. The number of rotatable bonds is 4. The highest BCUT2D eigenvalue weighted by molar-refractivity contribution is 7.67. The largest absolute Gasteiger partial charge is 0.333 e. The molecule has 0 fully saturated rings. The quantitative estimate of drug-likeness (QED) is 0.595. The van der Waals surface area contributed by atoms with Crippen LogP contribution in [0, 0.1) is 5.41 Å². The summed E-state index contributed by atoms with van der Waals surface area (Å²) in [4.78, 5) is 0. The summed E-state index contributed by atoms with van der Waals surface area (Å²) < 4.78 is 10.1. The van der Waals surface area contributed by atoms with Crippen molar-refractivity contribution in [3.05, 3.63) is 35.9 Å². The van der Waals surface area contributed by atoms with E-state index in [9.17, 15) is 0 Å². The molecular formula is C9H12NO2P. The van der Waals surface area contributed by atoms with Gasteiger partial charge in [-0.05, 0) is 0 Å². The van der Waals surface area contributed by atoms with Crippen LogP contribution >= 0.6 is 8.38 Å². The van der Waals surface area contributed by atoms with Crippen LogP contribution in [0.25, 0.3) is 0 Å². The smallest absolute Gasteiger partial charge is 0.224 e. The molecule has 0 aliphatic rings. The normalized spacial score (nSPS) is 10.4. The fourth-order valence-corrected chi connectivity index (χ4v) is 1.83. The van der Waals surface area contributed by atoms with Gasteiger partial charge >= 0.3 is 0 Å². The van der Waals surface area contributed by atoms with Crippen LogP contribution in [0.1, 0.15) is 5.56 Å². The molecule has 0 saturated heterocycles. The van der Waals surface area contributed by atoms with Crippen molar-refractivity contribution in [3.8, 4) is 0 Å². The zero-order chi connectivity index (χ0) is 9.68. The average Bonchev–Trinajstić information content (AvgIpc) is 2.21. The van der Waals surface area contributed by atoms with Gasteiger partial charge in [-0.15, -0.1) is 0 Å². The second kappa shape index (κ2) is 5.07. The Hall–Kier alpha value is -0.760. The Kier molecular flexibility index (Phi) is 4.03. The maximum atomic E-state index is 7.77. The van der Waals surface area contributed by atoms with Crippen molar-refractivity contribution in [1.82, 2.24) is 0 Å². The van der Waals surface area contributed by atoms with Crippen molar-refractivity contribution >= 4 is 13.8 Å². The third-order valence-corrected chi connectivity index (χ3v) is 2.85. The van der Waals surface area contributed by atoms with Gasteiger partial charge in [-0.1, -0.05) is 30.3 Å². The fourth-order valence-electron chi connectivity index (χ4n) is 0.959. The van der Waals surface area contributed by atoms with E-state index in [1.807, 2.05) is 30.3 Å². The van der Waals surface area contributed by atoms with Crippen molar-refractivity contribution < 1.29 is 9.05 Å². The van der Waals surface area contributed by atoms with Gasteiger partial charge in [-0.25, -0.2) is 0 Å². The minimum absolute atomic E-state index is 0.403. The number of hydrogen-bond acceptors (Lipinski definition) is 3. The number of hydrogen-bond donors (Lipinski definition) is 1. The van der Waals surface area contributed by atoms with Crippen molar-refractivity contribution in [2.75, 3.05) is 14.2 Å². The number of benzene rings is 1. The van der Waals surface area contributed by atoms with Crippen molar-refractivity contribution in [3.63, 3.8) is 0 Å². The molecule has 3 nitrogen and oxygen atoms in total. The van der Waals surface area contributed by atoms with Crippen LogP contribution in [0.15, 0.2) is 30.3 Å². The summed E-state index contributed by atoms with van der Waals surface area (Å²) >= 11 is 0. The molecule has 0 saturated carbocycles. The Labute approximate surface area is 79.1 Å². The SMILES string of the molecule is COP(OC)C(=N)c1ccccc1. The van der Waals surface area contributed by atoms with E-state index in [-0.39, 0.29) is 0 Å². The van der Waals surface area contributed by atoms with E-state index in [2.05, 4.69) is 0 Å². The predicted molar refractivity (Wildman–Crippen MR) is 54.2 cm³/mol. The molecule has 0 aromatic heterocycles. The van der Waals surface area contributed by atoms with E-state index in [4.69, 9.17) is 14.5 Å². The second-order valence-electron chi connectivity index (χ2n) is 2.34. The average molecular weight is 197 g/mol. The van der Waals surface area contributed by atoms with Gasteiger partial charge < -0.3 is 9.05 Å². The van der Waals surface area contributed by atoms with E-state index in [1.165, 1.54) is 0 Å². The van der Waals surface area contributed by atoms with Crippen LogP contribution in [0.5, 0.6) is 0 Å².